The van der Waals surface area contributed by atoms with Crippen molar-refractivity contribution in [3.8, 4) is 11.5 Å². The molecule has 2 heterocycles. The van der Waals surface area contributed by atoms with Crippen molar-refractivity contribution in [2.75, 3.05) is 18.6 Å². The molecule has 0 spiro atoms. The monoisotopic (exact) mass is 587 g/mol. The first-order valence-electron chi connectivity index (χ1n) is 13.1. The van der Waals surface area contributed by atoms with Crippen LogP contribution in [0.15, 0.2) is 82.7 Å². The molecule has 8 nitrogen and oxygen atoms in total. The van der Waals surface area contributed by atoms with Crippen LogP contribution >= 0.6 is 23.1 Å². The van der Waals surface area contributed by atoms with Crippen molar-refractivity contribution in [2.24, 2.45) is 0 Å². The second-order valence-electron chi connectivity index (χ2n) is 9.44. The van der Waals surface area contributed by atoms with E-state index in [-0.39, 0.29) is 16.5 Å². The van der Waals surface area contributed by atoms with Crippen molar-refractivity contribution in [1.29, 1.82) is 0 Å². The molecule has 1 N–H and O–H groups in total. The van der Waals surface area contributed by atoms with Crippen LogP contribution < -0.4 is 14.4 Å². The summed E-state index contributed by atoms with van der Waals surface area (Å²) in [6.07, 6.45) is 0.827. The van der Waals surface area contributed by atoms with Gasteiger partial charge < -0.3 is 14.6 Å². The Morgan fingerprint density at radius 3 is 2.49 bits per heavy atom. The van der Waals surface area contributed by atoms with E-state index in [1.165, 1.54) is 33.6 Å². The van der Waals surface area contributed by atoms with E-state index in [0.29, 0.717) is 39.3 Å². The van der Waals surface area contributed by atoms with Crippen LogP contribution in [0.25, 0.3) is 5.76 Å². The molecule has 210 valence electrons. The zero-order valence-electron chi connectivity index (χ0n) is 22.9. The SMILES string of the molecule is CCCOc1cccc(C2/C(=C(\O)c3ccc(OC)cc3)C(=O)C(=O)N2c2nnc(SCc3ccc(C)cc3)s2)c1. The Balaban J connectivity index is 1.54. The zero-order chi connectivity index (χ0) is 28.9. The number of carbonyl (C=O) groups is 2. The lowest BCUT2D eigenvalue weighted by Gasteiger charge is -2.23. The molecule has 41 heavy (non-hydrogen) atoms. The molecule has 1 atom stereocenters. The van der Waals surface area contributed by atoms with Gasteiger partial charge in [-0.3, -0.25) is 14.5 Å². The number of methoxy groups -OCH3 is 1. The Morgan fingerprint density at radius 2 is 1.78 bits per heavy atom. The van der Waals surface area contributed by atoms with Crippen molar-refractivity contribution in [1.82, 2.24) is 10.2 Å². The van der Waals surface area contributed by atoms with Gasteiger partial charge in [0.2, 0.25) is 5.13 Å². The number of thioether (sulfide) groups is 1. The van der Waals surface area contributed by atoms with Gasteiger partial charge in [0.15, 0.2) is 4.34 Å². The number of anilines is 1. The number of benzene rings is 3. The number of hydrogen-bond acceptors (Lipinski definition) is 9. The van der Waals surface area contributed by atoms with E-state index in [0.717, 1.165) is 12.0 Å². The van der Waals surface area contributed by atoms with Gasteiger partial charge in [-0.2, -0.15) is 0 Å². The molecule has 0 aliphatic carbocycles. The number of ketones is 1. The first-order chi connectivity index (χ1) is 19.9. The van der Waals surface area contributed by atoms with Gasteiger partial charge in [0.1, 0.15) is 17.3 Å². The average molecular weight is 588 g/mol. The van der Waals surface area contributed by atoms with E-state index in [9.17, 15) is 14.7 Å². The largest absolute Gasteiger partial charge is 0.507 e. The lowest BCUT2D eigenvalue weighted by atomic mass is 9.95. The number of aromatic nitrogens is 2. The van der Waals surface area contributed by atoms with Crippen LogP contribution in [0.4, 0.5) is 5.13 Å². The van der Waals surface area contributed by atoms with E-state index in [4.69, 9.17) is 9.47 Å². The summed E-state index contributed by atoms with van der Waals surface area (Å²) in [7, 11) is 1.55. The van der Waals surface area contributed by atoms with Crippen molar-refractivity contribution in [2.45, 2.75) is 36.4 Å². The van der Waals surface area contributed by atoms with E-state index < -0.39 is 17.7 Å². The third kappa shape index (κ3) is 6.13. The maximum atomic E-state index is 13.5. The van der Waals surface area contributed by atoms with Crippen molar-refractivity contribution >= 4 is 45.7 Å². The number of hydrogen-bond donors (Lipinski definition) is 1. The summed E-state index contributed by atoms with van der Waals surface area (Å²) in [6.45, 7) is 4.57. The average Bonchev–Trinajstić information content (AvgIpc) is 3.57. The molecule has 1 unspecified atom stereocenters. The molecule has 3 aromatic carbocycles. The predicted octanol–water partition coefficient (Wildman–Crippen LogP) is 6.56. The highest BCUT2D eigenvalue weighted by molar-refractivity contribution is 8.00. The Labute approximate surface area is 246 Å². The second-order valence-corrected chi connectivity index (χ2v) is 11.6. The number of carbonyl (C=O) groups excluding carboxylic acids is 2. The fourth-order valence-corrected chi connectivity index (χ4v) is 6.25. The first-order valence-corrected chi connectivity index (χ1v) is 14.9. The van der Waals surface area contributed by atoms with E-state index >= 15 is 0 Å². The molecular formula is C31H29N3O5S2. The molecule has 4 aromatic rings. The van der Waals surface area contributed by atoms with Crippen LogP contribution in [0.2, 0.25) is 0 Å². The van der Waals surface area contributed by atoms with E-state index in [1.54, 1.807) is 49.6 Å². The number of aryl methyl sites for hydroxylation is 1. The summed E-state index contributed by atoms with van der Waals surface area (Å²) in [5.74, 6) is 0.0287. The number of rotatable bonds is 10. The molecule has 0 radical (unpaired) electrons. The van der Waals surface area contributed by atoms with Crippen LogP contribution in [0.5, 0.6) is 11.5 Å². The standard InChI is InChI=1S/C31H29N3O5S2/c1-4-16-39-24-7-5-6-22(17-24)26-25(27(35)21-12-14-23(38-3)15-13-21)28(36)29(37)34(26)30-32-33-31(41-30)40-18-20-10-8-19(2)9-11-20/h5-15,17,26,35H,4,16,18H2,1-3H3/b27-25+. The van der Waals surface area contributed by atoms with Gasteiger partial charge in [-0.1, -0.05) is 72.0 Å². The highest BCUT2D eigenvalue weighted by Crippen LogP contribution is 2.44. The summed E-state index contributed by atoms with van der Waals surface area (Å²) in [5.41, 5.74) is 3.29. The molecule has 1 amide bonds. The molecule has 1 fully saturated rings. The smallest absolute Gasteiger partial charge is 0.301 e. The number of Topliss-reactive ketones (excluding diaryl/α,β-unsaturated/α-hetero) is 1. The van der Waals surface area contributed by atoms with Crippen LogP contribution in [-0.2, 0) is 15.3 Å². The normalized spacial score (nSPS) is 16.3. The number of ether oxygens (including phenoxy) is 2. The third-order valence-corrected chi connectivity index (χ3v) is 8.67. The maximum absolute atomic E-state index is 13.5. The molecule has 0 bridgehead atoms. The molecular weight excluding hydrogens is 558 g/mol. The molecule has 1 saturated heterocycles. The predicted molar refractivity (Wildman–Crippen MR) is 161 cm³/mol. The minimum Gasteiger partial charge on any atom is -0.507 e. The molecule has 0 saturated carbocycles. The van der Waals surface area contributed by atoms with Gasteiger partial charge in [-0.15, -0.1) is 10.2 Å². The van der Waals surface area contributed by atoms with Crippen LogP contribution in [0.1, 0.15) is 41.6 Å². The van der Waals surface area contributed by atoms with Gasteiger partial charge in [0.25, 0.3) is 5.78 Å². The summed E-state index contributed by atoms with van der Waals surface area (Å²) >= 11 is 2.74. The van der Waals surface area contributed by atoms with Crippen LogP contribution in [-0.4, -0.2) is 40.7 Å². The van der Waals surface area contributed by atoms with Gasteiger partial charge in [-0.25, -0.2) is 0 Å². The zero-order valence-corrected chi connectivity index (χ0v) is 24.5. The molecule has 1 aliphatic rings. The highest BCUT2D eigenvalue weighted by Gasteiger charge is 2.48. The second kappa shape index (κ2) is 12.6. The lowest BCUT2D eigenvalue weighted by molar-refractivity contribution is -0.132. The number of aliphatic hydroxyl groups is 1. The lowest BCUT2D eigenvalue weighted by Crippen LogP contribution is -2.29. The van der Waals surface area contributed by atoms with Gasteiger partial charge >= 0.3 is 5.91 Å². The van der Waals surface area contributed by atoms with Gasteiger partial charge in [0, 0.05) is 11.3 Å². The van der Waals surface area contributed by atoms with E-state index in [1.807, 2.05) is 19.9 Å². The van der Waals surface area contributed by atoms with Crippen LogP contribution in [0, 0.1) is 6.92 Å². The van der Waals surface area contributed by atoms with Crippen molar-refractivity contribution in [3.05, 3.63) is 101 Å². The minimum atomic E-state index is -0.926. The Kier molecular flexibility index (Phi) is 8.70. The summed E-state index contributed by atoms with van der Waals surface area (Å²) in [5, 5.41) is 20.3. The Hall–Kier alpha value is -4.15. The maximum Gasteiger partial charge on any atom is 0.301 e. The fraction of sp³-hybridized carbons (Fsp3) is 0.226. The molecule has 1 aromatic heterocycles. The van der Waals surface area contributed by atoms with Crippen molar-refractivity contribution in [3.63, 3.8) is 0 Å². The third-order valence-electron chi connectivity index (χ3n) is 6.54. The quantitative estimate of drug-likeness (QED) is 0.0732. The van der Waals surface area contributed by atoms with Crippen molar-refractivity contribution < 1.29 is 24.2 Å². The van der Waals surface area contributed by atoms with Gasteiger partial charge in [0.05, 0.1) is 25.3 Å². The number of aliphatic hydroxyl groups excluding tert-OH is 1. The van der Waals surface area contributed by atoms with Gasteiger partial charge in [-0.05, 0) is 60.9 Å². The summed E-state index contributed by atoms with van der Waals surface area (Å²) in [4.78, 5) is 28.3. The first kappa shape index (κ1) is 28.4. The highest BCUT2D eigenvalue weighted by atomic mass is 32.2. The van der Waals surface area contributed by atoms with Crippen LogP contribution in [0.3, 0.4) is 0 Å². The van der Waals surface area contributed by atoms with E-state index in [2.05, 4.69) is 34.5 Å². The molecule has 1 aliphatic heterocycles. The topological polar surface area (TPSA) is 102 Å². The molecule has 10 heteroatoms. The number of amides is 1. The summed E-state index contributed by atoms with van der Waals surface area (Å²) in [6, 6.07) is 21.2. The summed E-state index contributed by atoms with van der Waals surface area (Å²) < 4.78 is 11.7. The Bertz CT molecular complexity index is 1580. The minimum absolute atomic E-state index is 0.0307. The Morgan fingerprint density at radius 1 is 1.02 bits per heavy atom. The fourth-order valence-electron chi connectivity index (χ4n) is 4.43. The molecule has 5 rings (SSSR count). The number of nitrogens with zero attached hydrogens (tertiary/aromatic N) is 3.